The molecule has 1 unspecified atom stereocenters. The molecule has 0 aromatic carbocycles. The van der Waals surface area contributed by atoms with Gasteiger partial charge in [0.25, 0.3) is 0 Å². The van der Waals surface area contributed by atoms with Crippen LogP contribution in [0.15, 0.2) is 0 Å². The fraction of sp³-hybridized carbons (Fsp3) is 1.00. The molecule has 0 aromatic heterocycles. The lowest BCUT2D eigenvalue weighted by Gasteiger charge is -2.42. The van der Waals surface area contributed by atoms with Gasteiger partial charge in [0, 0.05) is 6.61 Å². The molecule has 0 bridgehead atoms. The van der Waals surface area contributed by atoms with E-state index in [1.807, 2.05) is 0 Å². The first-order valence-electron chi connectivity index (χ1n) is 8.79. The van der Waals surface area contributed by atoms with Gasteiger partial charge in [-0.1, -0.05) is 27.2 Å². The fourth-order valence-electron chi connectivity index (χ4n) is 4.01. The first-order chi connectivity index (χ1) is 9.45. The largest absolute Gasteiger partial charge is 0.390 e. The van der Waals surface area contributed by atoms with Gasteiger partial charge in [-0.25, -0.2) is 0 Å². The molecule has 1 aliphatic carbocycles. The molecule has 1 heterocycles. The van der Waals surface area contributed by atoms with Crippen LogP contribution in [0.5, 0.6) is 0 Å². The highest BCUT2D eigenvalue weighted by molar-refractivity contribution is 4.90. The highest BCUT2D eigenvalue weighted by atomic mass is 16.5. The Bertz CT molecular complexity index is 284. The molecule has 1 saturated heterocycles. The fourth-order valence-corrected chi connectivity index (χ4v) is 4.01. The zero-order valence-electron chi connectivity index (χ0n) is 13.8. The molecule has 118 valence electrons. The Morgan fingerprint density at radius 3 is 2.45 bits per heavy atom. The second-order valence-corrected chi connectivity index (χ2v) is 7.87. The Balaban J connectivity index is 1.70. The summed E-state index contributed by atoms with van der Waals surface area (Å²) in [7, 11) is 0. The van der Waals surface area contributed by atoms with E-state index in [0.29, 0.717) is 11.5 Å². The summed E-state index contributed by atoms with van der Waals surface area (Å²) in [6.07, 6.45) is 11.9. The third-order valence-corrected chi connectivity index (χ3v) is 6.12. The summed E-state index contributed by atoms with van der Waals surface area (Å²) in [6.45, 7) is 8.02. The minimum Gasteiger partial charge on any atom is -0.390 e. The van der Waals surface area contributed by atoms with Crippen LogP contribution in [0.4, 0.5) is 0 Å². The Labute approximate surface area is 125 Å². The Hall–Kier alpha value is -0.0800. The number of ether oxygens (including phenoxy) is 1. The van der Waals surface area contributed by atoms with Crippen LogP contribution >= 0.6 is 0 Å². The van der Waals surface area contributed by atoms with Gasteiger partial charge in [-0.05, 0) is 69.1 Å². The van der Waals surface area contributed by atoms with Crippen LogP contribution in [0, 0.1) is 11.3 Å². The van der Waals surface area contributed by atoms with Gasteiger partial charge in [-0.15, -0.1) is 0 Å². The summed E-state index contributed by atoms with van der Waals surface area (Å²) in [5.41, 5.74) is 0.0674. The van der Waals surface area contributed by atoms with Crippen LogP contribution in [0.3, 0.4) is 0 Å². The van der Waals surface area contributed by atoms with Gasteiger partial charge in [-0.2, -0.15) is 0 Å². The van der Waals surface area contributed by atoms with Gasteiger partial charge in [0.15, 0.2) is 0 Å². The highest BCUT2D eigenvalue weighted by Crippen LogP contribution is 2.44. The molecular formula is C18H34O2. The van der Waals surface area contributed by atoms with Crippen LogP contribution in [0.2, 0.25) is 0 Å². The van der Waals surface area contributed by atoms with Gasteiger partial charge >= 0.3 is 0 Å². The molecule has 2 aliphatic rings. The first-order valence-corrected chi connectivity index (χ1v) is 8.79. The van der Waals surface area contributed by atoms with E-state index >= 15 is 0 Å². The van der Waals surface area contributed by atoms with E-state index < -0.39 is 0 Å². The van der Waals surface area contributed by atoms with Gasteiger partial charge in [0.2, 0.25) is 0 Å². The summed E-state index contributed by atoms with van der Waals surface area (Å²) in [4.78, 5) is 0. The number of aliphatic hydroxyl groups is 1. The zero-order chi connectivity index (χ0) is 14.6. The van der Waals surface area contributed by atoms with Crippen LogP contribution in [-0.2, 0) is 4.74 Å². The van der Waals surface area contributed by atoms with E-state index in [9.17, 15) is 5.11 Å². The van der Waals surface area contributed by atoms with Crippen molar-refractivity contribution in [1.82, 2.24) is 0 Å². The Morgan fingerprint density at radius 2 is 1.90 bits per heavy atom. The van der Waals surface area contributed by atoms with E-state index in [-0.39, 0.29) is 5.60 Å². The van der Waals surface area contributed by atoms with E-state index in [2.05, 4.69) is 20.8 Å². The van der Waals surface area contributed by atoms with Gasteiger partial charge in [-0.3, -0.25) is 0 Å². The van der Waals surface area contributed by atoms with E-state index in [1.165, 1.54) is 32.1 Å². The predicted molar refractivity (Wildman–Crippen MR) is 83.8 cm³/mol. The lowest BCUT2D eigenvalue weighted by molar-refractivity contribution is -0.0376. The molecule has 1 atom stereocenters. The van der Waals surface area contributed by atoms with Crippen LogP contribution < -0.4 is 0 Å². The maximum atomic E-state index is 10.8. The van der Waals surface area contributed by atoms with Crippen molar-refractivity contribution in [2.24, 2.45) is 11.3 Å². The molecule has 1 aliphatic heterocycles. The van der Waals surface area contributed by atoms with Crippen molar-refractivity contribution >= 4 is 0 Å². The smallest absolute Gasteiger partial charge is 0.0648 e. The molecule has 2 nitrogen and oxygen atoms in total. The molecule has 1 N–H and O–H groups in total. The normalized spacial score (nSPS) is 35.4. The molecule has 0 amide bonds. The summed E-state index contributed by atoms with van der Waals surface area (Å²) >= 11 is 0. The molecular weight excluding hydrogens is 248 g/mol. The number of rotatable bonds is 6. The SMILES string of the molecule is CCC(C)(C)C1CCC(O)(CCCC2CCCO2)CC1. The summed E-state index contributed by atoms with van der Waals surface area (Å²) in [5, 5.41) is 10.8. The lowest BCUT2D eigenvalue weighted by Crippen LogP contribution is -2.38. The summed E-state index contributed by atoms with van der Waals surface area (Å²) in [5.74, 6) is 0.797. The second-order valence-electron chi connectivity index (χ2n) is 7.87. The number of hydrogen-bond acceptors (Lipinski definition) is 2. The summed E-state index contributed by atoms with van der Waals surface area (Å²) < 4.78 is 5.67. The monoisotopic (exact) mass is 282 g/mol. The number of hydrogen-bond donors (Lipinski definition) is 1. The van der Waals surface area contributed by atoms with Crippen molar-refractivity contribution in [1.29, 1.82) is 0 Å². The Kier molecular flexibility index (Phi) is 5.53. The van der Waals surface area contributed by atoms with Crippen molar-refractivity contribution in [3.8, 4) is 0 Å². The molecule has 2 heteroatoms. The topological polar surface area (TPSA) is 29.5 Å². The van der Waals surface area contributed by atoms with Crippen molar-refractivity contribution in [3.63, 3.8) is 0 Å². The molecule has 2 fully saturated rings. The van der Waals surface area contributed by atoms with Gasteiger partial charge in [0.1, 0.15) is 0 Å². The molecule has 2 rings (SSSR count). The molecule has 0 aromatic rings. The quantitative estimate of drug-likeness (QED) is 0.765. The average molecular weight is 282 g/mol. The third kappa shape index (κ3) is 4.21. The van der Waals surface area contributed by atoms with Crippen LogP contribution in [-0.4, -0.2) is 23.4 Å². The van der Waals surface area contributed by atoms with Crippen molar-refractivity contribution < 1.29 is 9.84 Å². The minimum absolute atomic E-state index is 0.376. The zero-order valence-corrected chi connectivity index (χ0v) is 13.8. The standard InChI is InChI=1S/C18H34O2/c1-4-17(2,3)15-9-12-18(19,13-10-15)11-5-7-16-8-6-14-20-16/h15-16,19H,4-14H2,1-3H3. The van der Waals surface area contributed by atoms with E-state index in [4.69, 9.17) is 4.74 Å². The first kappa shape index (κ1) is 16.3. The summed E-state index contributed by atoms with van der Waals surface area (Å²) in [6, 6.07) is 0. The van der Waals surface area contributed by atoms with Crippen LogP contribution in [0.1, 0.15) is 85.0 Å². The lowest BCUT2D eigenvalue weighted by atomic mass is 9.65. The van der Waals surface area contributed by atoms with E-state index in [1.54, 1.807) is 0 Å². The van der Waals surface area contributed by atoms with Crippen molar-refractivity contribution in [3.05, 3.63) is 0 Å². The molecule has 1 saturated carbocycles. The Morgan fingerprint density at radius 1 is 1.20 bits per heavy atom. The minimum atomic E-state index is -0.376. The maximum Gasteiger partial charge on any atom is 0.0648 e. The van der Waals surface area contributed by atoms with Gasteiger partial charge < -0.3 is 9.84 Å². The maximum absolute atomic E-state index is 10.8. The van der Waals surface area contributed by atoms with Crippen molar-refractivity contribution in [2.45, 2.75) is 96.7 Å². The van der Waals surface area contributed by atoms with E-state index in [0.717, 1.165) is 44.6 Å². The van der Waals surface area contributed by atoms with Crippen LogP contribution in [0.25, 0.3) is 0 Å². The van der Waals surface area contributed by atoms with Gasteiger partial charge in [0.05, 0.1) is 11.7 Å². The third-order valence-electron chi connectivity index (χ3n) is 6.12. The second kappa shape index (κ2) is 6.79. The highest BCUT2D eigenvalue weighted by Gasteiger charge is 2.38. The molecule has 0 radical (unpaired) electrons. The average Bonchev–Trinajstić information content (AvgIpc) is 2.92. The molecule has 20 heavy (non-hydrogen) atoms. The van der Waals surface area contributed by atoms with Crippen molar-refractivity contribution in [2.75, 3.05) is 6.61 Å². The molecule has 0 spiro atoms. The predicted octanol–water partition coefficient (Wildman–Crippen LogP) is 4.69.